The molecule has 1 aliphatic rings. The molecule has 1 amide bonds. The van der Waals surface area contributed by atoms with E-state index in [1.54, 1.807) is 24.3 Å². The molecule has 0 atom stereocenters. The molecular formula is C16H15FN2O3. The van der Waals surface area contributed by atoms with Crippen molar-refractivity contribution in [1.29, 1.82) is 0 Å². The van der Waals surface area contributed by atoms with Gasteiger partial charge in [0.25, 0.3) is 0 Å². The summed E-state index contributed by atoms with van der Waals surface area (Å²) in [5, 5.41) is 5.61. The number of halogens is 1. The lowest BCUT2D eigenvalue weighted by molar-refractivity contribution is -0.114. The standard InChI is InChI=1S/C16H15FN2O3/c17-11-2-1-3-13(8-11)19-16(20)10-18-12-4-5-14-15(9-12)22-7-6-21-14/h1-5,8-9,18H,6-7,10H2,(H,19,20). The van der Waals surface area contributed by atoms with E-state index in [1.165, 1.54) is 12.1 Å². The van der Waals surface area contributed by atoms with Gasteiger partial charge in [0.15, 0.2) is 11.5 Å². The maximum absolute atomic E-state index is 13.0. The van der Waals surface area contributed by atoms with Crippen LogP contribution in [0.3, 0.4) is 0 Å². The Balaban J connectivity index is 1.57. The van der Waals surface area contributed by atoms with Gasteiger partial charge in [-0.15, -0.1) is 0 Å². The fraction of sp³-hybridized carbons (Fsp3) is 0.188. The molecule has 3 rings (SSSR count). The zero-order valence-electron chi connectivity index (χ0n) is 11.8. The topological polar surface area (TPSA) is 59.6 Å². The first-order valence-corrected chi connectivity index (χ1v) is 6.90. The van der Waals surface area contributed by atoms with Crippen LogP contribution in [-0.4, -0.2) is 25.7 Å². The lowest BCUT2D eigenvalue weighted by atomic mass is 10.2. The predicted octanol–water partition coefficient (Wildman–Crippen LogP) is 2.65. The van der Waals surface area contributed by atoms with Crippen molar-refractivity contribution in [2.45, 2.75) is 0 Å². The van der Waals surface area contributed by atoms with E-state index in [0.717, 1.165) is 5.69 Å². The molecule has 5 nitrogen and oxygen atoms in total. The summed E-state index contributed by atoms with van der Waals surface area (Å²) in [5.74, 6) is 0.695. The van der Waals surface area contributed by atoms with E-state index in [2.05, 4.69) is 10.6 Å². The second-order valence-electron chi connectivity index (χ2n) is 4.77. The minimum Gasteiger partial charge on any atom is -0.486 e. The molecule has 0 unspecified atom stereocenters. The number of carbonyl (C=O) groups excluding carboxylic acids is 1. The van der Waals surface area contributed by atoms with Gasteiger partial charge < -0.3 is 20.1 Å². The first kappa shape index (κ1) is 14.2. The first-order chi connectivity index (χ1) is 10.7. The van der Waals surface area contributed by atoms with Gasteiger partial charge in [-0.05, 0) is 30.3 Å². The van der Waals surface area contributed by atoms with Crippen molar-refractivity contribution in [1.82, 2.24) is 0 Å². The molecule has 2 aromatic rings. The molecule has 2 N–H and O–H groups in total. The molecule has 6 heteroatoms. The number of amides is 1. The molecule has 0 saturated carbocycles. The van der Waals surface area contributed by atoms with Crippen molar-refractivity contribution in [2.75, 3.05) is 30.4 Å². The number of benzene rings is 2. The number of fused-ring (bicyclic) bond motifs is 1. The Morgan fingerprint density at radius 1 is 1.05 bits per heavy atom. The zero-order valence-corrected chi connectivity index (χ0v) is 11.8. The lowest BCUT2D eigenvalue weighted by Crippen LogP contribution is -2.22. The van der Waals surface area contributed by atoms with Crippen molar-refractivity contribution in [2.24, 2.45) is 0 Å². The predicted molar refractivity (Wildman–Crippen MR) is 81.0 cm³/mol. The Labute approximate surface area is 127 Å². The minimum atomic E-state index is -0.391. The first-order valence-electron chi connectivity index (χ1n) is 6.90. The monoisotopic (exact) mass is 302 g/mol. The van der Waals surface area contributed by atoms with Gasteiger partial charge in [-0.25, -0.2) is 4.39 Å². The summed E-state index contributed by atoms with van der Waals surface area (Å²) in [4.78, 5) is 11.8. The highest BCUT2D eigenvalue weighted by Gasteiger charge is 2.12. The van der Waals surface area contributed by atoms with Gasteiger partial charge in [-0.1, -0.05) is 6.07 Å². The zero-order chi connectivity index (χ0) is 15.4. The second-order valence-corrected chi connectivity index (χ2v) is 4.77. The fourth-order valence-corrected chi connectivity index (χ4v) is 2.11. The van der Waals surface area contributed by atoms with E-state index in [9.17, 15) is 9.18 Å². The van der Waals surface area contributed by atoms with Crippen LogP contribution in [0.15, 0.2) is 42.5 Å². The molecule has 0 radical (unpaired) electrons. The number of anilines is 2. The normalized spacial score (nSPS) is 12.6. The summed E-state index contributed by atoms with van der Waals surface area (Å²) >= 11 is 0. The Bertz CT molecular complexity index is 691. The van der Waals surface area contributed by atoms with E-state index in [1.807, 2.05) is 6.07 Å². The second kappa shape index (κ2) is 6.34. The number of rotatable bonds is 4. The van der Waals surface area contributed by atoms with Crippen LogP contribution in [0.4, 0.5) is 15.8 Å². The molecule has 0 bridgehead atoms. The summed E-state index contributed by atoms with van der Waals surface area (Å²) in [6.45, 7) is 1.11. The highest BCUT2D eigenvalue weighted by Crippen LogP contribution is 2.32. The third kappa shape index (κ3) is 3.46. The number of hydrogen-bond donors (Lipinski definition) is 2. The van der Waals surface area contributed by atoms with Gasteiger partial charge in [0, 0.05) is 17.4 Å². The number of ether oxygens (including phenoxy) is 2. The van der Waals surface area contributed by atoms with Crippen LogP contribution in [0.25, 0.3) is 0 Å². The van der Waals surface area contributed by atoms with Crippen LogP contribution >= 0.6 is 0 Å². The molecule has 1 heterocycles. The smallest absolute Gasteiger partial charge is 0.243 e. The number of nitrogens with one attached hydrogen (secondary N) is 2. The Kier molecular flexibility index (Phi) is 4.09. The van der Waals surface area contributed by atoms with Crippen LogP contribution in [0, 0.1) is 5.82 Å². The Morgan fingerprint density at radius 3 is 2.68 bits per heavy atom. The van der Waals surface area contributed by atoms with Crippen molar-refractivity contribution >= 4 is 17.3 Å². The third-order valence-corrected chi connectivity index (χ3v) is 3.10. The van der Waals surface area contributed by atoms with Gasteiger partial charge in [-0.2, -0.15) is 0 Å². The molecule has 22 heavy (non-hydrogen) atoms. The highest BCUT2D eigenvalue weighted by molar-refractivity contribution is 5.93. The van der Waals surface area contributed by atoms with Crippen LogP contribution < -0.4 is 20.1 Å². The molecule has 0 fully saturated rings. The summed E-state index contributed by atoms with van der Waals surface area (Å²) < 4.78 is 23.9. The van der Waals surface area contributed by atoms with Crippen molar-refractivity contribution in [3.05, 3.63) is 48.3 Å². The van der Waals surface area contributed by atoms with E-state index in [4.69, 9.17) is 9.47 Å². The number of carbonyl (C=O) groups is 1. The Hall–Kier alpha value is -2.76. The van der Waals surface area contributed by atoms with Crippen molar-refractivity contribution in [3.63, 3.8) is 0 Å². The molecular weight excluding hydrogens is 287 g/mol. The molecule has 0 aromatic heterocycles. The quantitative estimate of drug-likeness (QED) is 0.911. The van der Waals surface area contributed by atoms with Gasteiger partial charge in [0.1, 0.15) is 19.0 Å². The summed E-state index contributed by atoms with van der Waals surface area (Å²) in [6, 6.07) is 11.1. The van der Waals surface area contributed by atoms with Crippen LogP contribution in [0.5, 0.6) is 11.5 Å². The Morgan fingerprint density at radius 2 is 1.86 bits per heavy atom. The van der Waals surface area contributed by atoms with Crippen molar-refractivity contribution in [3.8, 4) is 11.5 Å². The van der Waals surface area contributed by atoms with Gasteiger partial charge >= 0.3 is 0 Å². The average molecular weight is 302 g/mol. The van der Waals surface area contributed by atoms with Gasteiger partial charge in [0.05, 0.1) is 6.54 Å². The van der Waals surface area contributed by atoms with Gasteiger partial charge in [-0.3, -0.25) is 4.79 Å². The largest absolute Gasteiger partial charge is 0.486 e. The third-order valence-electron chi connectivity index (χ3n) is 3.10. The van der Waals surface area contributed by atoms with Crippen molar-refractivity contribution < 1.29 is 18.7 Å². The maximum Gasteiger partial charge on any atom is 0.243 e. The molecule has 1 aliphatic heterocycles. The van der Waals surface area contributed by atoms with E-state index >= 15 is 0 Å². The SMILES string of the molecule is O=C(CNc1ccc2c(c1)OCCO2)Nc1cccc(F)c1. The summed E-state index contributed by atoms with van der Waals surface area (Å²) in [5.41, 5.74) is 1.17. The summed E-state index contributed by atoms with van der Waals surface area (Å²) in [6.07, 6.45) is 0. The minimum absolute atomic E-state index is 0.0656. The van der Waals surface area contributed by atoms with Crippen LogP contribution in [0.1, 0.15) is 0 Å². The average Bonchev–Trinajstić information content (AvgIpc) is 2.53. The summed E-state index contributed by atoms with van der Waals surface area (Å²) in [7, 11) is 0. The van der Waals surface area contributed by atoms with E-state index in [-0.39, 0.29) is 12.5 Å². The molecule has 0 saturated heterocycles. The number of hydrogen-bond acceptors (Lipinski definition) is 4. The van der Waals surface area contributed by atoms with E-state index in [0.29, 0.717) is 30.4 Å². The van der Waals surface area contributed by atoms with Gasteiger partial charge in [0.2, 0.25) is 5.91 Å². The molecule has 2 aromatic carbocycles. The fourth-order valence-electron chi connectivity index (χ4n) is 2.11. The molecule has 0 spiro atoms. The molecule has 114 valence electrons. The van der Waals surface area contributed by atoms with E-state index < -0.39 is 5.82 Å². The molecule has 0 aliphatic carbocycles. The highest BCUT2D eigenvalue weighted by atomic mass is 19.1. The lowest BCUT2D eigenvalue weighted by Gasteiger charge is -2.19. The van der Waals surface area contributed by atoms with Crippen LogP contribution in [0.2, 0.25) is 0 Å². The van der Waals surface area contributed by atoms with Crippen LogP contribution in [-0.2, 0) is 4.79 Å². The maximum atomic E-state index is 13.0.